The Morgan fingerprint density at radius 3 is 2.11 bits per heavy atom. The molecule has 0 nitrogen and oxygen atoms in total. The van der Waals surface area contributed by atoms with E-state index < -0.39 is 17.3 Å². The van der Waals surface area contributed by atoms with Crippen LogP contribution in [0, 0.1) is 0 Å². The molecule has 0 aromatic rings. The summed E-state index contributed by atoms with van der Waals surface area (Å²) in [6.07, 6.45) is 2.37. The Balaban J connectivity index is 3.07. The van der Waals surface area contributed by atoms with Crippen molar-refractivity contribution in [3.05, 3.63) is 0 Å². The van der Waals surface area contributed by atoms with Crippen molar-refractivity contribution in [2.75, 3.05) is 5.88 Å². The van der Waals surface area contributed by atoms with Gasteiger partial charge < -0.3 is 0 Å². The van der Waals surface area contributed by atoms with Crippen molar-refractivity contribution < 1.29 is 0 Å². The van der Waals surface area contributed by atoms with Gasteiger partial charge in [-0.1, -0.05) is 0 Å². The van der Waals surface area contributed by atoms with Crippen molar-refractivity contribution in [3.8, 4) is 0 Å². The zero-order valence-corrected chi connectivity index (χ0v) is 10.5. The fourth-order valence-corrected chi connectivity index (χ4v) is 4.84. The molecule has 0 fully saturated rings. The van der Waals surface area contributed by atoms with E-state index in [0.717, 1.165) is 12.3 Å². The molecule has 0 spiro atoms. The van der Waals surface area contributed by atoms with E-state index in [4.69, 9.17) is 20.5 Å². The van der Waals surface area contributed by atoms with Gasteiger partial charge in [0.15, 0.2) is 0 Å². The van der Waals surface area contributed by atoms with Crippen LogP contribution < -0.4 is 0 Å². The first-order valence-corrected chi connectivity index (χ1v) is 15.2. The second-order valence-corrected chi connectivity index (χ2v) is 21.3. The summed E-state index contributed by atoms with van der Waals surface area (Å²) in [6, 6.07) is 0. The standard InChI is InChI=1S/C4H8Cl.2CH3.ClH.Sn/c1-2-3-4-5;;;;/h1-4H2;2*1H3;1H;/q;;;;+1/p-1. The molecule has 0 N–H and O–H groups in total. The van der Waals surface area contributed by atoms with Crippen molar-refractivity contribution in [1.82, 2.24) is 0 Å². The monoisotopic (exact) mass is 276 g/mol. The number of hydrogen-bond acceptors (Lipinski definition) is 0. The first-order valence-electron chi connectivity index (χ1n) is 3.31. The molecule has 0 aliphatic carbocycles. The van der Waals surface area contributed by atoms with E-state index in [-0.39, 0.29) is 0 Å². The van der Waals surface area contributed by atoms with Gasteiger partial charge in [-0.05, 0) is 0 Å². The van der Waals surface area contributed by atoms with E-state index in [1.807, 2.05) is 0 Å². The third-order valence-electron chi connectivity index (χ3n) is 1.15. The third-order valence-corrected chi connectivity index (χ3v) is 7.09. The van der Waals surface area contributed by atoms with Crippen molar-refractivity contribution in [3.63, 3.8) is 0 Å². The molecule has 3 heteroatoms. The van der Waals surface area contributed by atoms with Gasteiger partial charge in [0.1, 0.15) is 0 Å². The first kappa shape index (κ1) is 10.4. The summed E-state index contributed by atoms with van der Waals surface area (Å²) in [4.78, 5) is 4.48. The predicted octanol–water partition coefficient (Wildman–Crippen LogP) is 3.45. The van der Waals surface area contributed by atoms with Crippen LogP contribution in [0.4, 0.5) is 0 Å². The molecule has 0 atom stereocenters. The number of unbranched alkanes of at least 4 members (excludes halogenated alkanes) is 1. The Morgan fingerprint density at radius 2 is 1.78 bits per heavy atom. The third kappa shape index (κ3) is 9.38. The van der Waals surface area contributed by atoms with Crippen LogP contribution in [0.2, 0.25) is 14.3 Å². The van der Waals surface area contributed by atoms with Gasteiger partial charge in [0, 0.05) is 0 Å². The summed E-state index contributed by atoms with van der Waals surface area (Å²) >= 11 is 3.59. The zero-order chi connectivity index (χ0) is 7.33. The average Bonchev–Trinajstić information content (AvgIpc) is 1.63. The number of rotatable bonds is 4. The van der Waals surface area contributed by atoms with Gasteiger partial charge in [-0.2, -0.15) is 0 Å². The summed E-state index contributed by atoms with van der Waals surface area (Å²) in [5.74, 6) is 0.791. The Kier molecular flexibility index (Phi) is 5.86. The molecule has 9 heavy (non-hydrogen) atoms. The number of hydrogen-bond donors (Lipinski definition) is 0. The van der Waals surface area contributed by atoms with Gasteiger partial charge in [-0.25, -0.2) is 0 Å². The first-order chi connectivity index (χ1) is 4.06. The SMILES string of the molecule is [CH3][Sn]([CH3])([Cl])[CH2]CCCCl. The quantitative estimate of drug-likeness (QED) is 0.419. The van der Waals surface area contributed by atoms with Crippen molar-refractivity contribution in [2.45, 2.75) is 27.2 Å². The fraction of sp³-hybridized carbons (Fsp3) is 1.00. The van der Waals surface area contributed by atoms with Crippen LogP contribution in [-0.2, 0) is 0 Å². The number of alkyl halides is 1. The van der Waals surface area contributed by atoms with E-state index in [9.17, 15) is 0 Å². The van der Waals surface area contributed by atoms with Crippen LogP contribution in [-0.4, -0.2) is 23.1 Å². The molecule has 0 aromatic carbocycles. The minimum atomic E-state index is -1.92. The van der Waals surface area contributed by atoms with E-state index in [0.29, 0.717) is 0 Å². The molecular weight excluding hydrogens is 262 g/mol. The van der Waals surface area contributed by atoms with Crippen LogP contribution in [0.3, 0.4) is 0 Å². The maximum atomic E-state index is 6.14. The zero-order valence-electron chi connectivity index (χ0n) is 6.08. The van der Waals surface area contributed by atoms with Gasteiger partial charge in [0.2, 0.25) is 0 Å². The molecule has 0 aliphatic rings. The Labute approximate surface area is 70.5 Å². The van der Waals surface area contributed by atoms with Gasteiger partial charge in [0.05, 0.1) is 0 Å². The topological polar surface area (TPSA) is 0 Å². The summed E-state index contributed by atoms with van der Waals surface area (Å²) in [7, 11) is 6.14. The molecule has 0 radical (unpaired) electrons. The molecule has 0 amide bonds. The maximum absolute atomic E-state index is 6.14. The minimum absolute atomic E-state index is 0.791. The van der Waals surface area contributed by atoms with E-state index in [1.165, 1.54) is 10.9 Å². The molecule has 0 aromatic heterocycles. The molecule has 0 unspecified atom stereocenters. The van der Waals surface area contributed by atoms with E-state index in [2.05, 4.69) is 9.88 Å². The average molecular weight is 276 g/mol. The normalized spacial score (nSPS) is 12.0. The van der Waals surface area contributed by atoms with Gasteiger partial charge in [-0.3, -0.25) is 0 Å². The summed E-state index contributed by atoms with van der Waals surface area (Å²) < 4.78 is 1.27. The van der Waals surface area contributed by atoms with E-state index in [1.54, 1.807) is 0 Å². The van der Waals surface area contributed by atoms with Crippen LogP contribution in [0.1, 0.15) is 12.8 Å². The molecule has 0 bridgehead atoms. The van der Waals surface area contributed by atoms with E-state index >= 15 is 0 Å². The molecule has 0 rings (SSSR count). The molecule has 0 aliphatic heterocycles. The van der Waals surface area contributed by atoms with Crippen LogP contribution >= 0.6 is 20.5 Å². The fourth-order valence-electron chi connectivity index (χ4n) is 0.640. The summed E-state index contributed by atoms with van der Waals surface area (Å²) in [6.45, 7) is 0. The van der Waals surface area contributed by atoms with Crippen LogP contribution in [0.5, 0.6) is 0 Å². The summed E-state index contributed by atoms with van der Waals surface area (Å²) in [5, 5.41) is 0. The van der Waals surface area contributed by atoms with Crippen molar-refractivity contribution in [1.29, 1.82) is 0 Å². The predicted molar refractivity (Wildman–Crippen MR) is 48.1 cm³/mol. The second kappa shape index (κ2) is 5.09. The van der Waals surface area contributed by atoms with Crippen LogP contribution in [0.15, 0.2) is 0 Å². The van der Waals surface area contributed by atoms with Crippen molar-refractivity contribution in [2.24, 2.45) is 0 Å². The second-order valence-electron chi connectivity index (χ2n) is 2.86. The molecular formula is C6H14Cl2Sn. The Morgan fingerprint density at radius 1 is 1.22 bits per heavy atom. The Hall–Kier alpha value is 1.38. The van der Waals surface area contributed by atoms with Gasteiger partial charge in [0.25, 0.3) is 0 Å². The molecule has 0 heterocycles. The van der Waals surface area contributed by atoms with Crippen LogP contribution in [0.25, 0.3) is 0 Å². The molecule has 0 saturated heterocycles. The Bertz CT molecular complexity index is 67.9. The molecule has 56 valence electrons. The summed E-state index contributed by atoms with van der Waals surface area (Å²) in [5.41, 5.74) is 0. The molecule has 0 saturated carbocycles. The van der Waals surface area contributed by atoms with Gasteiger partial charge in [-0.15, -0.1) is 0 Å². The number of halogens is 2. The van der Waals surface area contributed by atoms with Gasteiger partial charge >= 0.3 is 70.8 Å². The van der Waals surface area contributed by atoms with Crippen molar-refractivity contribution >= 4 is 37.8 Å².